The van der Waals surface area contributed by atoms with Gasteiger partial charge in [-0.25, -0.2) is 4.79 Å². The van der Waals surface area contributed by atoms with Crippen LogP contribution in [0.25, 0.3) is 0 Å². The molecule has 1 amide bonds. The maximum Gasteiger partial charge on any atom is 0.337 e. The highest BCUT2D eigenvalue weighted by Crippen LogP contribution is 2.30. The first kappa shape index (κ1) is 15.5. The van der Waals surface area contributed by atoms with Crippen LogP contribution in [-0.4, -0.2) is 19.0 Å². The predicted molar refractivity (Wildman–Crippen MR) is 81.1 cm³/mol. The van der Waals surface area contributed by atoms with E-state index in [9.17, 15) is 9.59 Å². The summed E-state index contributed by atoms with van der Waals surface area (Å²) in [5, 5.41) is 3.10. The number of esters is 1. The van der Waals surface area contributed by atoms with Crippen molar-refractivity contribution < 1.29 is 14.3 Å². The van der Waals surface area contributed by atoms with Gasteiger partial charge in [0.15, 0.2) is 0 Å². The summed E-state index contributed by atoms with van der Waals surface area (Å²) in [6, 6.07) is 5.64. The number of ether oxygens (including phenoxy) is 1. The number of benzene rings is 1. The molecule has 4 nitrogen and oxygen atoms in total. The fraction of sp³-hybridized carbons (Fsp3) is 0.529. The fourth-order valence-corrected chi connectivity index (χ4v) is 2.82. The van der Waals surface area contributed by atoms with E-state index in [2.05, 4.69) is 5.32 Å². The molecule has 2 rings (SSSR count). The first-order valence-electron chi connectivity index (χ1n) is 7.51. The van der Waals surface area contributed by atoms with E-state index in [0.29, 0.717) is 17.9 Å². The number of hydrogen-bond donors (Lipinski definition) is 1. The molecular weight excluding hydrogens is 266 g/mol. The molecular formula is C17H23NO3. The molecule has 21 heavy (non-hydrogen) atoms. The highest BCUT2D eigenvalue weighted by Gasteiger charge is 2.23. The second-order valence-electron chi connectivity index (χ2n) is 6.02. The monoisotopic (exact) mass is 289 g/mol. The van der Waals surface area contributed by atoms with Gasteiger partial charge in [0.2, 0.25) is 5.91 Å². The summed E-state index contributed by atoms with van der Waals surface area (Å²) in [7, 11) is 1.38. The Kier molecular flexibility index (Phi) is 4.99. The zero-order chi connectivity index (χ0) is 15.4. The van der Waals surface area contributed by atoms with Gasteiger partial charge >= 0.3 is 5.97 Å². The molecule has 0 heterocycles. The number of methoxy groups -OCH3 is 1. The van der Waals surface area contributed by atoms with E-state index in [1.54, 1.807) is 6.07 Å². The molecule has 1 aliphatic rings. The topological polar surface area (TPSA) is 55.4 Å². The van der Waals surface area contributed by atoms with Crippen LogP contribution in [0, 0.1) is 5.92 Å². The molecule has 1 aromatic carbocycles. The van der Waals surface area contributed by atoms with Crippen molar-refractivity contribution >= 4 is 11.9 Å². The Morgan fingerprint density at radius 3 is 2.81 bits per heavy atom. The molecule has 114 valence electrons. The molecule has 0 bridgehead atoms. The standard InChI is InChI=1S/C17H23NO3/c1-11(2)9-16(19)18-15-6-4-5-12-7-8-13(10-14(12)15)17(20)21-3/h7-8,10-11,15H,4-6,9H2,1-3H3,(H,18,19). The number of aryl methyl sites for hydroxylation is 1. The lowest BCUT2D eigenvalue weighted by molar-refractivity contribution is -0.122. The number of carbonyl (C=O) groups is 2. The second-order valence-corrected chi connectivity index (χ2v) is 6.02. The average molecular weight is 289 g/mol. The van der Waals surface area contributed by atoms with Gasteiger partial charge in [0, 0.05) is 6.42 Å². The minimum atomic E-state index is -0.337. The maximum atomic E-state index is 12.0. The van der Waals surface area contributed by atoms with E-state index >= 15 is 0 Å². The minimum absolute atomic E-state index is 0.00426. The molecule has 1 N–H and O–H groups in total. The van der Waals surface area contributed by atoms with E-state index < -0.39 is 0 Å². The third kappa shape index (κ3) is 3.84. The Morgan fingerprint density at radius 2 is 2.14 bits per heavy atom. The summed E-state index contributed by atoms with van der Waals surface area (Å²) >= 11 is 0. The van der Waals surface area contributed by atoms with E-state index in [1.807, 2.05) is 26.0 Å². The Balaban J connectivity index is 2.20. The number of carbonyl (C=O) groups excluding carboxylic acids is 2. The van der Waals surface area contributed by atoms with Crippen LogP contribution in [0.4, 0.5) is 0 Å². The molecule has 1 aromatic rings. The molecule has 0 saturated carbocycles. The van der Waals surface area contributed by atoms with Crippen molar-refractivity contribution in [2.45, 2.75) is 45.6 Å². The molecule has 0 saturated heterocycles. The van der Waals surface area contributed by atoms with Crippen molar-refractivity contribution in [3.05, 3.63) is 34.9 Å². The molecule has 0 radical (unpaired) electrons. The predicted octanol–water partition coefficient (Wildman–Crippen LogP) is 3.01. The van der Waals surface area contributed by atoms with Crippen molar-refractivity contribution in [1.82, 2.24) is 5.32 Å². The van der Waals surface area contributed by atoms with Crippen LogP contribution in [0.2, 0.25) is 0 Å². The lowest BCUT2D eigenvalue weighted by Gasteiger charge is -2.27. The number of hydrogen-bond acceptors (Lipinski definition) is 3. The van der Waals surface area contributed by atoms with Gasteiger partial charge in [-0.2, -0.15) is 0 Å². The van der Waals surface area contributed by atoms with Crippen LogP contribution >= 0.6 is 0 Å². The molecule has 1 aliphatic carbocycles. The van der Waals surface area contributed by atoms with Crippen LogP contribution in [-0.2, 0) is 16.0 Å². The van der Waals surface area contributed by atoms with E-state index in [-0.39, 0.29) is 17.9 Å². The van der Waals surface area contributed by atoms with Crippen molar-refractivity contribution in [3.63, 3.8) is 0 Å². The molecule has 1 atom stereocenters. The third-order valence-electron chi connectivity index (χ3n) is 3.81. The van der Waals surface area contributed by atoms with Gasteiger partial charge in [-0.1, -0.05) is 19.9 Å². The smallest absolute Gasteiger partial charge is 0.337 e. The maximum absolute atomic E-state index is 12.0. The quantitative estimate of drug-likeness (QED) is 0.867. The van der Waals surface area contributed by atoms with Gasteiger partial charge in [0.25, 0.3) is 0 Å². The van der Waals surface area contributed by atoms with Crippen molar-refractivity contribution in [2.75, 3.05) is 7.11 Å². The Morgan fingerprint density at radius 1 is 1.38 bits per heavy atom. The molecule has 0 aliphatic heterocycles. The van der Waals surface area contributed by atoms with Crippen LogP contribution in [0.1, 0.15) is 60.6 Å². The van der Waals surface area contributed by atoms with Gasteiger partial charge in [-0.15, -0.1) is 0 Å². The zero-order valence-corrected chi connectivity index (χ0v) is 12.9. The highest BCUT2D eigenvalue weighted by molar-refractivity contribution is 5.89. The summed E-state index contributed by atoms with van der Waals surface area (Å²) in [5.41, 5.74) is 2.81. The van der Waals surface area contributed by atoms with Crippen LogP contribution in [0.5, 0.6) is 0 Å². The zero-order valence-electron chi connectivity index (χ0n) is 12.9. The second kappa shape index (κ2) is 6.74. The summed E-state index contributed by atoms with van der Waals surface area (Å²) in [4.78, 5) is 23.7. The van der Waals surface area contributed by atoms with Crippen LogP contribution < -0.4 is 5.32 Å². The summed E-state index contributed by atoms with van der Waals surface area (Å²) in [5.74, 6) is 0.0800. The number of nitrogens with one attached hydrogen (secondary N) is 1. The lowest BCUT2D eigenvalue weighted by atomic mass is 9.86. The molecule has 0 fully saturated rings. The van der Waals surface area contributed by atoms with E-state index in [0.717, 1.165) is 24.8 Å². The van der Waals surface area contributed by atoms with Gasteiger partial charge in [-0.05, 0) is 48.4 Å². The van der Waals surface area contributed by atoms with Crippen molar-refractivity contribution in [3.8, 4) is 0 Å². The first-order chi connectivity index (χ1) is 10.0. The van der Waals surface area contributed by atoms with Gasteiger partial charge < -0.3 is 10.1 Å². The fourth-order valence-electron chi connectivity index (χ4n) is 2.82. The number of rotatable bonds is 4. The SMILES string of the molecule is COC(=O)c1ccc2c(c1)C(NC(=O)CC(C)C)CCC2. The van der Waals surface area contributed by atoms with Crippen molar-refractivity contribution in [1.29, 1.82) is 0 Å². The van der Waals surface area contributed by atoms with Crippen LogP contribution in [0.15, 0.2) is 18.2 Å². The minimum Gasteiger partial charge on any atom is -0.465 e. The van der Waals surface area contributed by atoms with E-state index in [4.69, 9.17) is 4.74 Å². The summed E-state index contributed by atoms with van der Waals surface area (Å²) < 4.78 is 4.77. The molecule has 0 spiro atoms. The van der Waals surface area contributed by atoms with Gasteiger partial charge in [0.1, 0.15) is 0 Å². The largest absolute Gasteiger partial charge is 0.465 e. The lowest BCUT2D eigenvalue weighted by Crippen LogP contribution is -2.31. The molecule has 4 heteroatoms. The van der Waals surface area contributed by atoms with Crippen molar-refractivity contribution in [2.24, 2.45) is 5.92 Å². The third-order valence-corrected chi connectivity index (χ3v) is 3.81. The Labute approximate surface area is 125 Å². The Bertz CT molecular complexity index is 537. The first-order valence-corrected chi connectivity index (χ1v) is 7.51. The Hall–Kier alpha value is -1.84. The number of fused-ring (bicyclic) bond motifs is 1. The van der Waals surface area contributed by atoms with E-state index in [1.165, 1.54) is 12.7 Å². The highest BCUT2D eigenvalue weighted by atomic mass is 16.5. The number of amides is 1. The summed E-state index contributed by atoms with van der Waals surface area (Å²) in [6.45, 7) is 4.06. The summed E-state index contributed by atoms with van der Waals surface area (Å²) in [6.07, 6.45) is 3.49. The molecule has 1 unspecified atom stereocenters. The van der Waals surface area contributed by atoms with Gasteiger partial charge in [0.05, 0.1) is 18.7 Å². The molecule has 0 aromatic heterocycles. The van der Waals surface area contributed by atoms with Crippen LogP contribution in [0.3, 0.4) is 0 Å². The average Bonchev–Trinajstić information content (AvgIpc) is 2.45. The van der Waals surface area contributed by atoms with Gasteiger partial charge in [-0.3, -0.25) is 4.79 Å². The normalized spacial score (nSPS) is 17.2.